The Kier molecular flexibility index (Phi) is 3.05. The van der Waals surface area contributed by atoms with Crippen molar-refractivity contribution in [3.05, 3.63) is 34.5 Å². The highest BCUT2D eigenvalue weighted by Gasteiger charge is 2.04. The second-order valence-electron chi connectivity index (χ2n) is 2.50. The first-order chi connectivity index (χ1) is 5.74. The summed E-state index contributed by atoms with van der Waals surface area (Å²) < 4.78 is 0. The van der Waals surface area contributed by atoms with Gasteiger partial charge in [0.1, 0.15) is 0 Å². The Morgan fingerprint density at radius 1 is 1.75 bits per heavy atom. The van der Waals surface area contributed by atoms with Crippen LogP contribution in [0.4, 0.5) is 0 Å². The standard InChI is InChI=1S/C9H11NOS/c1-2-3-7-4-5-12-8(7)6-9(10)11/h2,4-5H,1,3,6H2,(H2,10,11). The van der Waals surface area contributed by atoms with E-state index in [1.807, 2.05) is 17.5 Å². The van der Waals surface area contributed by atoms with E-state index >= 15 is 0 Å². The highest BCUT2D eigenvalue weighted by atomic mass is 32.1. The fourth-order valence-corrected chi connectivity index (χ4v) is 1.94. The maximum Gasteiger partial charge on any atom is 0.222 e. The number of primary amides is 1. The van der Waals surface area contributed by atoms with Crippen LogP contribution in [0.2, 0.25) is 0 Å². The zero-order valence-corrected chi connectivity index (χ0v) is 7.56. The van der Waals surface area contributed by atoms with Gasteiger partial charge in [-0.15, -0.1) is 17.9 Å². The van der Waals surface area contributed by atoms with Gasteiger partial charge in [-0.2, -0.15) is 0 Å². The molecule has 3 heteroatoms. The molecule has 2 nitrogen and oxygen atoms in total. The number of nitrogens with two attached hydrogens (primary N) is 1. The summed E-state index contributed by atoms with van der Waals surface area (Å²) in [6, 6.07) is 2.00. The Morgan fingerprint density at radius 2 is 2.50 bits per heavy atom. The van der Waals surface area contributed by atoms with E-state index in [0.29, 0.717) is 6.42 Å². The van der Waals surface area contributed by atoms with Crippen molar-refractivity contribution in [2.75, 3.05) is 0 Å². The summed E-state index contributed by atoms with van der Waals surface area (Å²) >= 11 is 1.57. The molecule has 0 atom stereocenters. The van der Waals surface area contributed by atoms with Gasteiger partial charge < -0.3 is 5.73 Å². The van der Waals surface area contributed by atoms with E-state index in [2.05, 4.69) is 6.58 Å². The SMILES string of the molecule is C=CCc1ccsc1CC(N)=O. The van der Waals surface area contributed by atoms with E-state index in [9.17, 15) is 4.79 Å². The van der Waals surface area contributed by atoms with Crippen LogP contribution < -0.4 is 5.73 Å². The minimum atomic E-state index is -0.275. The Balaban J connectivity index is 2.76. The Labute approximate surface area is 75.7 Å². The molecule has 0 bridgehead atoms. The number of thiophene rings is 1. The van der Waals surface area contributed by atoms with E-state index in [1.165, 1.54) is 0 Å². The molecule has 0 aromatic carbocycles. The van der Waals surface area contributed by atoms with E-state index in [4.69, 9.17) is 5.73 Å². The lowest BCUT2D eigenvalue weighted by Crippen LogP contribution is -2.13. The number of carbonyl (C=O) groups excluding carboxylic acids is 1. The van der Waals surface area contributed by atoms with Gasteiger partial charge in [0.05, 0.1) is 6.42 Å². The van der Waals surface area contributed by atoms with Crippen LogP contribution in [0.1, 0.15) is 10.4 Å². The van der Waals surface area contributed by atoms with Gasteiger partial charge in [-0.05, 0) is 23.4 Å². The number of hydrogen-bond donors (Lipinski definition) is 1. The average Bonchev–Trinajstić information content (AvgIpc) is 2.37. The molecule has 0 fully saturated rings. The van der Waals surface area contributed by atoms with E-state index < -0.39 is 0 Å². The molecule has 0 spiro atoms. The summed E-state index contributed by atoms with van der Waals surface area (Å²) in [6.07, 6.45) is 2.99. The molecule has 1 rings (SSSR count). The molecule has 0 aliphatic heterocycles. The minimum absolute atomic E-state index is 0.275. The first-order valence-corrected chi connectivity index (χ1v) is 4.56. The van der Waals surface area contributed by atoms with Gasteiger partial charge in [-0.1, -0.05) is 6.08 Å². The monoisotopic (exact) mass is 181 g/mol. The number of rotatable bonds is 4. The van der Waals surface area contributed by atoms with Gasteiger partial charge in [0.25, 0.3) is 0 Å². The van der Waals surface area contributed by atoms with E-state index in [0.717, 1.165) is 16.9 Å². The van der Waals surface area contributed by atoms with Crippen LogP contribution in [0, 0.1) is 0 Å². The minimum Gasteiger partial charge on any atom is -0.369 e. The van der Waals surface area contributed by atoms with Gasteiger partial charge in [-0.25, -0.2) is 0 Å². The first kappa shape index (κ1) is 9.00. The molecule has 0 saturated carbocycles. The Hall–Kier alpha value is -1.09. The maximum absolute atomic E-state index is 10.6. The zero-order valence-electron chi connectivity index (χ0n) is 6.75. The molecule has 0 aliphatic rings. The molecule has 2 N–H and O–H groups in total. The summed E-state index contributed by atoms with van der Waals surface area (Å²) in [5.41, 5.74) is 6.25. The Morgan fingerprint density at radius 3 is 3.08 bits per heavy atom. The smallest absolute Gasteiger partial charge is 0.222 e. The highest BCUT2D eigenvalue weighted by molar-refractivity contribution is 7.10. The normalized spacial score (nSPS) is 9.67. The van der Waals surface area contributed by atoms with Crippen LogP contribution in [0.3, 0.4) is 0 Å². The van der Waals surface area contributed by atoms with Crippen molar-refractivity contribution in [3.63, 3.8) is 0 Å². The lowest BCUT2D eigenvalue weighted by Gasteiger charge is -1.96. The van der Waals surface area contributed by atoms with Crippen LogP contribution in [0.25, 0.3) is 0 Å². The molecule has 12 heavy (non-hydrogen) atoms. The molecule has 0 unspecified atom stereocenters. The predicted octanol–water partition coefficient (Wildman–Crippen LogP) is 1.50. The van der Waals surface area contributed by atoms with Crippen LogP contribution in [-0.4, -0.2) is 5.91 Å². The van der Waals surface area contributed by atoms with Crippen LogP contribution in [0.5, 0.6) is 0 Å². The summed E-state index contributed by atoms with van der Waals surface area (Å²) in [6.45, 7) is 3.64. The lowest BCUT2D eigenvalue weighted by molar-refractivity contribution is -0.117. The average molecular weight is 181 g/mol. The summed E-state index contributed by atoms with van der Waals surface area (Å²) in [7, 11) is 0. The largest absolute Gasteiger partial charge is 0.369 e. The molecule has 64 valence electrons. The molecule has 1 amide bonds. The van der Waals surface area contributed by atoms with Gasteiger partial charge in [0.2, 0.25) is 5.91 Å². The summed E-state index contributed by atoms with van der Waals surface area (Å²) in [4.78, 5) is 11.7. The Bertz CT molecular complexity index is 290. The predicted molar refractivity (Wildman–Crippen MR) is 51.1 cm³/mol. The third kappa shape index (κ3) is 2.20. The van der Waals surface area contributed by atoms with Crippen molar-refractivity contribution in [1.82, 2.24) is 0 Å². The first-order valence-electron chi connectivity index (χ1n) is 3.68. The van der Waals surface area contributed by atoms with Crippen molar-refractivity contribution in [3.8, 4) is 0 Å². The van der Waals surface area contributed by atoms with Crippen LogP contribution in [-0.2, 0) is 17.6 Å². The number of amides is 1. The van der Waals surface area contributed by atoms with Crippen molar-refractivity contribution < 1.29 is 4.79 Å². The van der Waals surface area contributed by atoms with Gasteiger partial charge >= 0.3 is 0 Å². The highest BCUT2D eigenvalue weighted by Crippen LogP contribution is 2.17. The van der Waals surface area contributed by atoms with Crippen molar-refractivity contribution in [2.24, 2.45) is 5.73 Å². The molecular formula is C9H11NOS. The maximum atomic E-state index is 10.6. The van der Waals surface area contributed by atoms with E-state index in [1.54, 1.807) is 11.3 Å². The molecule has 1 aromatic heterocycles. The number of carbonyl (C=O) groups is 1. The molecule has 0 aliphatic carbocycles. The quantitative estimate of drug-likeness (QED) is 0.703. The van der Waals surface area contributed by atoms with Gasteiger partial charge in [0.15, 0.2) is 0 Å². The molecular weight excluding hydrogens is 170 g/mol. The lowest BCUT2D eigenvalue weighted by atomic mass is 10.1. The fourth-order valence-electron chi connectivity index (χ4n) is 1.02. The van der Waals surface area contributed by atoms with Crippen molar-refractivity contribution in [2.45, 2.75) is 12.8 Å². The summed E-state index contributed by atoms with van der Waals surface area (Å²) in [5, 5.41) is 1.97. The molecule has 0 saturated heterocycles. The molecule has 0 radical (unpaired) electrons. The van der Waals surface area contributed by atoms with E-state index in [-0.39, 0.29) is 5.91 Å². The second-order valence-corrected chi connectivity index (χ2v) is 3.51. The molecule has 1 heterocycles. The van der Waals surface area contributed by atoms with Crippen molar-refractivity contribution >= 4 is 17.2 Å². The van der Waals surface area contributed by atoms with Crippen molar-refractivity contribution in [1.29, 1.82) is 0 Å². The van der Waals surface area contributed by atoms with Gasteiger partial charge in [-0.3, -0.25) is 4.79 Å². The molecule has 1 aromatic rings. The third-order valence-electron chi connectivity index (χ3n) is 1.54. The van der Waals surface area contributed by atoms with Crippen LogP contribution >= 0.6 is 11.3 Å². The fraction of sp³-hybridized carbons (Fsp3) is 0.222. The topological polar surface area (TPSA) is 43.1 Å². The summed E-state index contributed by atoms with van der Waals surface area (Å²) in [5.74, 6) is -0.275. The third-order valence-corrected chi connectivity index (χ3v) is 2.50. The van der Waals surface area contributed by atoms with Gasteiger partial charge in [0, 0.05) is 4.88 Å². The zero-order chi connectivity index (χ0) is 8.97. The number of allylic oxidation sites excluding steroid dienone is 1. The number of hydrogen-bond acceptors (Lipinski definition) is 2. The second kappa shape index (κ2) is 4.07. The van der Waals surface area contributed by atoms with Crippen LogP contribution in [0.15, 0.2) is 24.1 Å².